The van der Waals surface area contributed by atoms with Gasteiger partial charge in [0.2, 0.25) is 5.28 Å². The first kappa shape index (κ1) is 9.86. The zero-order chi connectivity index (χ0) is 10.8. The number of hydrogen-bond donors (Lipinski definition) is 1. The number of nitrogens with two attached hydrogens (primary N) is 1. The zero-order valence-electron chi connectivity index (χ0n) is 8.11. The topological polar surface area (TPSA) is 64.7 Å². The number of nitrogen functional groups attached to an aromatic ring is 1. The van der Waals surface area contributed by atoms with Gasteiger partial charge in [0.15, 0.2) is 0 Å². The maximum absolute atomic E-state index is 5.88. The number of aromatic nitrogens is 3. The van der Waals surface area contributed by atoms with Gasteiger partial charge in [-0.1, -0.05) is 0 Å². The van der Waals surface area contributed by atoms with E-state index < -0.39 is 0 Å². The van der Waals surface area contributed by atoms with Crippen LogP contribution >= 0.6 is 11.6 Å². The SMILES string of the molecule is Cc1nc(Cl)nc(-c2ccncc2)c1N. The van der Waals surface area contributed by atoms with Crippen LogP contribution in [0, 0.1) is 6.92 Å². The van der Waals surface area contributed by atoms with Gasteiger partial charge in [-0.05, 0) is 30.7 Å². The molecule has 2 aromatic heterocycles. The molecule has 0 aliphatic carbocycles. The molecule has 0 spiro atoms. The van der Waals surface area contributed by atoms with E-state index in [4.69, 9.17) is 17.3 Å². The number of rotatable bonds is 1. The summed E-state index contributed by atoms with van der Waals surface area (Å²) in [5.74, 6) is 0. The average Bonchev–Trinajstić information content (AvgIpc) is 2.24. The minimum Gasteiger partial charge on any atom is -0.395 e. The first-order valence-electron chi connectivity index (χ1n) is 4.38. The van der Waals surface area contributed by atoms with Crippen LogP contribution in [0.15, 0.2) is 24.5 Å². The van der Waals surface area contributed by atoms with Crippen LogP contribution in [0.3, 0.4) is 0 Å². The monoisotopic (exact) mass is 220 g/mol. The van der Waals surface area contributed by atoms with E-state index in [1.165, 1.54) is 0 Å². The molecule has 4 nitrogen and oxygen atoms in total. The first-order valence-corrected chi connectivity index (χ1v) is 4.76. The molecule has 0 atom stereocenters. The van der Waals surface area contributed by atoms with Crippen LogP contribution in [-0.4, -0.2) is 15.0 Å². The predicted molar refractivity (Wildman–Crippen MR) is 59.4 cm³/mol. The molecule has 0 saturated heterocycles. The van der Waals surface area contributed by atoms with Gasteiger partial charge in [-0.15, -0.1) is 0 Å². The summed E-state index contributed by atoms with van der Waals surface area (Å²) in [5.41, 5.74) is 8.64. The fraction of sp³-hybridized carbons (Fsp3) is 0.100. The van der Waals surface area contributed by atoms with Gasteiger partial charge in [0.1, 0.15) is 0 Å². The lowest BCUT2D eigenvalue weighted by Gasteiger charge is -2.06. The second-order valence-electron chi connectivity index (χ2n) is 3.08. The van der Waals surface area contributed by atoms with Gasteiger partial charge in [-0.25, -0.2) is 9.97 Å². The second-order valence-corrected chi connectivity index (χ2v) is 3.41. The van der Waals surface area contributed by atoms with Crippen molar-refractivity contribution in [2.45, 2.75) is 6.92 Å². The van der Waals surface area contributed by atoms with Crippen LogP contribution in [0.2, 0.25) is 5.28 Å². The summed E-state index contributed by atoms with van der Waals surface area (Å²) >= 11 is 5.78. The molecule has 2 rings (SSSR count). The third-order valence-electron chi connectivity index (χ3n) is 2.06. The number of hydrogen-bond acceptors (Lipinski definition) is 4. The summed E-state index contributed by atoms with van der Waals surface area (Å²) in [6.07, 6.45) is 3.36. The molecule has 2 aromatic rings. The Labute approximate surface area is 92.2 Å². The van der Waals surface area contributed by atoms with E-state index in [-0.39, 0.29) is 5.28 Å². The molecule has 0 fully saturated rings. The van der Waals surface area contributed by atoms with E-state index in [9.17, 15) is 0 Å². The van der Waals surface area contributed by atoms with Crippen LogP contribution in [0.25, 0.3) is 11.3 Å². The van der Waals surface area contributed by atoms with Crippen molar-refractivity contribution in [2.75, 3.05) is 5.73 Å². The van der Waals surface area contributed by atoms with Crippen LogP contribution in [0.5, 0.6) is 0 Å². The summed E-state index contributed by atoms with van der Waals surface area (Å²) in [6, 6.07) is 3.66. The smallest absolute Gasteiger partial charge is 0.223 e. The lowest BCUT2D eigenvalue weighted by atomic mass is 10.1. The summed E-state index contributed by atoms with van der Waals surface area (Å²) in [5, 5.41) is 0.202. The fourth-order valence-electron chi connectivity index (χ4n) is 1.28. The fourth-order valence-corrected chi connectivity index (χ4v) is 1.49. The highest BCUT2D eigenvalue weighted by Gasteiger charge is 2.09. The quantitative estimate of drug-likeness (QED) is 0.748. The van der Waals surface area contributed by atoms with E-state index in [2.05, 4.69) is 15.0 Å². The Morgan fingerprint density at radius 1 is 1.20 bits per heavy atom. The molecule has 0 aliphatic rings. The Morgan fingerprint density at radius 3 is 2.53 bits per heavy atom. The van der Waals surface area contributed by atoms with Crippen LogP contribution in [0.4, 0.5) is 5.69 Å². The van der Waals surface area contributed by atoms with E-state index in [1.807, 2.05) is 12.1 Å². The van der Waals surface area contributed by atoms with Crippen molar-refractivity contribution in [3.63, 3.8) is 0 Å². The average molecular weight is 221 g/mol. The summed E-state index contributed by atoms with van der Waals surface area (Å²) in [7, 11) is 0. The maximum atomic E-state index is 5.88. The number of anilines is 1. The largest absolute Gasteiger partial charge is 0.395 e. The Kier molecular flexibility index (Phi) is 2.51. The predicted octanol–water partition coefficient (Wildman–Crippen LogP) is 2.08. The van der Waals surface area contributed by atoms with Crippen LogP contribution in [0.1, 0.15) is 5.69 Å². The third kappa shape index (κ3) is 1.89. The molecule has 0 unspecified atom stereocenters. The van der Waals surface area contributed by atoms with Gasteiger partial charge < -0.3 is 5.73 Å². The highest BCUT2D eigenvalue weighted by atomic mass is 35.5. The van der Waals surface area contributed by atoms with Gasteiger partial charge in [-0.2, -0.15) is 0 Å². The molecule has 0 saturated carbocycles. The van der Waals surface area contributed by atoms with E-state index >= 15 is 0 Å². The van der Waals surface area contributed by atoms with E-state index in [0.29, 0.717) is 17.1 Å². The first-order chi connectivity index (χ1) is 7.18. The third-order valence-corrected chi connectivity index (χ3v) is 2.23. The molecule has 15 heavy (non-hydrogen) atoms. The van der Waals surface area contributed by atoms with E-state index in [0.717, 1.165) is 5.56 Å². The molecule has 76 valence electrons. The second kappa shape index (κ2) is 3.82. The van der Waals surface area contributed by atoms with Gasteiger partial charge in [-0.3, -0.25) is 4.98 Å². The normalized spacial score (nSPS) is 10.3. The Balaban J connectivity index is 2.63. The van der Waals surface area contributed by atoms with Crippen LogP contribution in [-0.2, 0) is 0 Å². The zero-order valence-corrected chi connectivity index (χ0v) is 8.86. The van der Waals surface area contributed by atoms with Gasteiger partial charge in [0.05, 0.1) is 17.1 Å². The van der Waals surface area contributed by atoms with Crippen molar-refractivity contribution in [3.8, 4) is 11.3 Å². The molecular weight excluding hydrogens is 212 g/mol. The summed E-state index contributed by atoms with van der Waals surface area (Å²) in [6.45, 7) is 1.80. The molecule has 0 aromatic carbocycles. The van der Waals surface area contributed by atoms with Crippen molar-refractivity contribution in [3.05, 3.63) is 35.5 Å². The highest BCUT2D eigenvalue weighted by Crippen LogP contribution is 2.25. The van der Waals surface area contributed by atoms with Gasteiger partial charge >= 0.3 is 0 Å². The molecule has 2 heterocycles. The number of pyridine rings is 1. The standard InChI is InChI=1S/C10H9ClN4/c1-6-8(12)9(15-10(11)14-6)7-2-4-13-5-3-7/h2-5H,12H2,1H3. The van der Waals surface area contributed by atoms with Gasteiger partial charge in [0.25, 0.3) is 0 Å². The molecule has 2 N–H and O–H groups in total. The van der Waals surface area contributed by atoms with Gasteiger partial charge in [0, 0.05) is 18.0 Å². The number of aryl methyl sites for hydroxylation is 1. The molecule has 0 aliphatic heterocycles. The lowest BCUT2D eigenvalue weighted by Crippen LogP contribution is -2.00. The van der Waals surface area contributed by atoms with Crippen molar-refractivity contribution < 1.29 is 0 Å². The van der Waals surface area contributed by atoms with E-state index in [1.54, 1.807) is 19.3 Å². The number of halogens is 1. The maximum Gasteiger partial charge on any atom is 0.223 e. The molecule has 5 heteroatoms. The van der Waals surface area contributed by atoms with Crippen LogP contribution < -0.4 is 5.73 Å². The van der Waals surface area contributed by atoms with Crippen molar-refractivity contribution >= 4 is 17.3 Å². The number of nitrogens with zero attached hydrogens (tertiary/aromatic N) is 3. The summed E-state index contributed by atoms with van der Waals surface area (Å²) < 4.78 is 0. The highest BCUT2D eigenvalue weighted by molar-refractivity contribution is 6.28. The van der Waals surface area contributed by atoms with Crippen molar-refractivity contribution in [1.82, 2.24) is 15.0 Å². The van der Waals surface area contributed by atoms with Crippen molar-refractivity contribution in [1.29, 1.82) is 0 Å². The molecule has 0 bridgehead atoms. The lowest BCUT2D eigenvalue weighted by molar-refractivity contribution is 1.11. The Morgan fingerprint density at radius 2 is 1.87 bits per heavy atom. The minimum absolute atomic E-state index is 0.202. The molecule has 0 radical (unpaired) electrons. The summed E-state index contributed by atoms with van der Waals surface area (Å²) in [4.78, 5) is 12.0. The Hall–Kier alpha value is -1.68. The molecular formula is C10H9ClN4. The minimum atomic E-state index is 0.202. The van der Waals surface area contributed by atoms with Crippen molar-refractivity contribution in [2.24, 2.45) is 0 Å². The molecule has 0 amide bonds. The Bertz CT molecular complexity index is 484.